The number of hydrogen-bond donors (Lipinski definition) is 1. The summed E-state index contributed by atoms with van der Waals surface area (Å²) < 4.78 is 5.51. The number of nitrogens with one attached hydrogen (secondary N) is 1. The first-order valence-electron chi connectivity index (χ1n) is 7.00. The van der Waals surface area contributed by atoms with E-state index in [1.807, 2.05) is 40.7 Å². The molecule has 5 heteroatoms. The van der Waals surface area contributed by atoms with Gasteiger partial charge in [-0.1, -0.05) is 0 Å². The Kier molecular flexibility index (Phi) is 3.99. The summed E-state index contributed by atoms with van der Waals surface area (Å²) >= 11 is 0. The Labute approximate surface area is 119 Å². The van der Waals surface area contributed by atoms with E-state index in [1.165, 1.54) is 4.90 Å². The van der Waals surface area contributed by atoms with E-state index in [-0.39, 0.29) is 30.3 Å². The van der Waals surface area contributed by atoms with Crippen LogP contribution in [0.2, 0.25) is 0 Å². The number of aryl methyl sites for hydroxylation is 2. The quantitative estimate of drug-likeness (QED) is 0.857. The van der Waals surface area contributed by atoms with Gasteiger partial charge in [-0.15, -0.1) is 0 Å². The summed E-state index contributed by atoms with van der Waals surface area (Å²) in [6.45, 7) is 9.49. The molecule has 1 aromatic heterocycles. The second-order valence-corrected chi connectivity index (χ2v) is 5.71. The third kappa shape index (κ3) is 2.63. The molecule has 2 amide bonds. The summed E-state index contributed by atoms with van der Waals surface area (Å²) in [5, 5.41) is 3.24. The van der Waals surface area contributed by atoms with E-state index in [0.29, 0.717) is 0 Å². The average molecular weight is 278 g/mol. The third-order valence-electron chi connectivity index (χ3n) is 3.70. The summed E-state index contributed by atoms with van der Waals surface area (Å²) in [6, 6.07) is 1.42. The Morgan fingerprint density at radius 3 is 2.40 bits per heavy atom. The Balaban J connectivity index is 2.09. The summed E-state index contributed by atoms with van der Waals surface area (Å²) in [7, 11) is 0. The van der Waals surface area contributed by atoms with Crippen LogP contribution in [-0.4, -0.2) is 28.8 Å². The smallest absolute Gasteiger partial charge is 0.247 e. The zero-order valence-corrected chi connectivity index (χ0v) is 12.7. The second kappa shape index (κ2) is 5.40. The molecule has 0 aliphatic carbocycles. The van der Waals surface area contributed by atoms with Gasteiger partial charge in [-0.2, -0.15) is 0 Å². The van der Waals surface area contributed by atoms with Gasteiger partial charge in [0, 0.05) is 17.6 Å². The number of hydrogen-bond acceptors (Lipinski definition) is 4. The van der Waals surface area contributed by atoms with Crippen molar-refractivity contribution in [2.24, 2.45) is 0 Å². The van der Waals surface area contributed by atoms with E-state index in [0.717, 1.165) is 17.1 Å². The molecule has 1 aliphatic rings. The van der Waals surface area contributed by atoms with Crippen LogP contribution in [-0.2, 0) is 9.59 Å². The highest BCUT2D eigenvalue weighted by atomic mass is 16.3. The first-order valence-corrected chi connectivity index (χ1v) is 7.00. The summed E-state index contributed by atoms with van der Waals surface area (Å²) in [5.41, 5.74) is 1.03. The fourth-order valence-corrected chi connectivity index (χ4v) is 2.80. The molecule has 1 saturated heterocycles. The molecule has 2 rings (SSSR count). The summed E-state index contributed by atoms with van der Waals surface area (Å²) in [4.78, 5) is 25.5. The second-order valence-electron chi connectivity index (χ2n) is 5.71. The van der Waals surface area contributed by atoms with Gasteiger partial charge in [0.2, 0.25) is 11.8 Å². The lowest BCUT2D eigenvalue weighted by Crippen LogP contribution is -2.42. The van der Waals surface area contributed by atoms with Gasteiger partial charge < -0.3 is 4.42 Å². The predicted octanol–water partition coefficient (Wildman–Crippen LogP) is 2.08. The van der Waals surface area contributed by atoms with Gasteiger partial charge >= 0.3 is 0 Å². The van der Waals surface area contributed by atoms with E-state index in [9.17, 15) is 9.59 Å². The maximum absolute atomic E-state index is 12.2. The van der Waals surface area contributed by atoms with Crippen molar-refractivity contribution in [1.29, 1.82) is 0 Å². The Bertz CT molecular complexity index is 533. The zero-order valence-electron chi connectivity index (χ0n) is 12.7. The minimum absolute atomic E-state index is 0.0266. The van der Waals surface area contributed by atoms with E-state index in [1.54, 1.807) is 0 Å². The predicted molar refractivity (Wildman–Crippen MR) is 75.1 cm³/mol. The number of carbonyl (C=O) groups is 2. The zero-order chi connectivity index (χ0) is 15.0. The average Bonchev–Trinajstić information content (AvgIpc) is 2.79. The van der Waals surface area contributed by atoms with Crippen LogP contribution in [0.1, 0.15) is 50.3 Å². The van der Waals surface area contributed by atoms with Gasteiger partial charge in [-0.3, -0.25) is 19.8 Å². The van der Waals surface area contributed by atoms with Gasteiger partial charge in [-0.25, -0.2) is 0 Å². The van der Waals surface area contributed by atoms with Crippen molar-refractivity contribution in [1.82, 2.24) is 10.2 Å². The standard InChI is InChI=1S/C15H22N2O3/c1-8(2)17-14(18)7-13(15(17)19)16-10(4)12-6-9(3)20-11(12)5/h6,8,10,13,16H,7H2,1-5H3. The Hall–Kier alpha value is -1.62. The molecule has 1 aromatic rings. The highest BCUT2D eigenvalue weighted by molar-refractivity contribution is 6.05. The van der Waals surface area contributed by atoms with Gasteiger partial charge in [0.1, 0.15) is 11.5 Å². The van der Waals surface area contributed by atoms with Crippen molar-refractivity contribution in [3.63, 3.8) is 0 Å². The minimum atomic E-state index is -0.436. The Morgan fingerprint density at radius 1 is 1.30 bits per heavy atom. The molecule has 20 heavy (non-hydrogen) atoms. The number of rotatable bonds is 4. The molecular weight excluding hydrogens is 256 g/mol. The topological polar surface area (TPSA) is 62.6 Å². The summed E-state index contributed by atoms with van der Waals surface area (Å²) in [5.74, 6) is 1.47. The molecule has 0 bridgehead atoms. The molecule has 2 heterocycles. The van der Waals surface area contributed by atoms with Crippen LogP contribution >= 0.6 is 0 Å². The van der Waals surface area contributed by atoms with E-state index in [4.69, 9.17) is 4.42 Å². The number of furan rings is 1. The number of carbonyl (C=O) groups excluding carboxylic acids is 2. The van der Waals surface area contributed by atoms with Crippen LogP contribution < -0.4 is 5.32 Å². The van der Waals surface area contributed by atoms with Crippen LogP contribution in [0.15, 0.2) is 10.5 Å². The minimum Gasteiger partial charge on any atom is -0.466 e. The SMILES string of the molecule is Cc1cc(C(C)NC2CC(=O)N(C(C)C)C2=O)c(C)o1. The molecule has 1 fully saturated rings. The molecule has 0 saturated carbocycles. The number of nitrogens with zero attached hydrogens (tertiary/aromatic N) is 1. The molecule has 1 N–H and O–H groups in total. The molecule has 2 atom stereocenters. The maximum atomic E-state index is 12.2. The third-order valence-corrected chi connectivity index (χ3v) is 3.70. The van der Waals surface area contributed by atoms with Crippen molar-refractivity contribution in [3.8, 4) is 0 Å². The molecule has 5 nitrogen and oxygen atoms in total. The first kappa shape index (κ1) is 14.8. The van der Waals surface area contributed by atoms with E-state index >= 15 is 0 Å². The molecule has 110 valence electrons. The molecule has 2 unspecified atom stereocenters. The number of likely N-dealkylation sites (tertiary alicyclic amines) is 1. The van der Waals surface area contributed by atoms with Crippen molar-refractivity contribution < 1.29 is 14.0 Å². The molecular formula is C15H22N2O3. The van der Waals surface area contributed by atoms with Gasteiger partial charge in [-0.05, 0) is 40.7 Å². The Morgan fingerprint density at radius 2 is 1.95 bits per heavy atom. The van der Waals surface area contributed by atoms with E-state index < -0.39 is 6.04 Å². The monoisotopic (exact) mass is 278 g/mol. The van der Waals surface area contributed by atoms with Crippen LogP contribution in [0.4, 0.5) is 0 Å². The highest BCUT2D eigenvalue weighted by Crippen LogP contribution is 2.24. The van der Waals surface area contributed by atoms with Gasteiger partial charge in [0.15, 0.2) is 0 Å². The lowest BCUT2D eigenvalue weighted by molar-refractivity contribution is -0.140. The van der Waals surface area contributed by atoms with Crippen LogP contribution in [0.25, 0.3) is 0 Å². The fraction of sp³-hybridized carbons (Fsp3) is 0.600. The van der Waals surface area contributed by atoms with Crippen LogP contribution in [0.5, 0.6) is 0 Å². The summed E-state index contributed by atoms with van der Waals surface area (Å²) in [6.07, 6.45) is 0.233. The number of amides is 2. The lowest BCUT2D eigenvalue weighted by Gasteiger charge is -2.21. The largest absolute Gasteiger partial charge is 0.466 e. The normalized spacial score (nSPS) is 21.1. The van der Waals surface area contributed by atoms with Crippen molar-refractivity contribution >= 4 is 11.8 Å². The van der Waals surface area contributed by atoms with Crippen molar-refractivity contribution in [2.45, 2.75) is 59.2 Å². The number of imide groups is 1. The van der Waals surface area contributed by atoms with Gasteiger partial charge in [0.25, 0.3) is 0 Å². The maximum Gasteiger partial charge on any atom is 0.247 e. The van der Waals surface area contributed by atoms with Crippen molar-refractivity contribution in [3.05, 3.63) is 23.2 Å². The molecule has 0 spiro atoms. The lowest BCUT2D eigenvalue weighted by atomic mass is 10.1. The fourth-order valence-electron chi connectivity index (χ4n) is 2.80. The first-order chi connectivity index (χ1) is 9.31. The van der Waals surface area contributed by atoms with Crippen LogP contribution in [0.3, 0.4) is 0 Å². The van der Waals surface area contributed by atoms with Crippen molar-refractivity contribution in [2.75, 3.05) is 0 Å². The molecule has 0 aromatic carbocycles. The highest BCUT2D eigenvalue weighted by Gasteiger charge is 2.40. The molecule has 1 aliphatic heterocycles. The van der Waals surface area contributed by atoms with E-state index in [2.05, 4.69) is 5.32 Å². The van der Waals surface area contributed by atoms with Crippen LogP contribution in [0, 0.1) is 13.8 Å². The van der Waals surface area contributed by atoms with Gasteiger partial charge in [0.05, 0.1) is 12.5 Å². The molecule has 0 radical (unpaired) electrons.